The fourth-order valence-electron chi connectivity index (χ4n) is 2.30. The molecular weight excluding hydrogens is 296 g/mol. The first-order chi connectivity index (χ1) is 10.1. The third-order valence-electron chi connectivity index (χ3n) is 3.36. The number of unbranched alkanes of at least 4 members (excludes halogenated alkanes) is 1. The van der Waals surface area contributed by atoms with E-state index in [9.17, 15) is 8.78 Å². The average molecular weight is 320 g/mol. The first-order valence-electron chi connectivity index (χ1n) is 7.53. The summed E-state index contributed by atoms with van der Waals surface area (Å²) in [7, 11) is 0. The highest BCUT2D eigenvalue weighted by atomic mass is 35.5. The van der Waals surface area contributed by atoms with Gasteiger partial charge in [0.05, 0.1) is 0 Å². The molecule has 1 rings (SSSR count). The summed E-state index contributed by atoms with van der Waals surface area (Å²) in [6.07, 6.45) is 5.57. The highest BCUT2D eigenvalue weighted by Crippen LogP contribution is 2.25. The van der Waals surface area contributed by atoms with Crippen LogP contribution in [0.15, 0.2) is 18.2 Å². The van der Waals surface area contributed by atoms with Gasteiger partial charge in [-0.1, -0.05) is 44.7 Å². The summed E-state index contributed by atoms with van der Waals surface area (Å²) in [4.78, 5) is 0. The molecule has 0 aliphatic rings. The second-order valence-electron chi connectivity index (χ2n) is 5.14. The summed E-state index contributed by atoms with van der Waals surface area (Å²) in [5.74, 6) is 0.188. The van der Waals surface area contributed by atoms with Gasteiger partial charge >= 0.3 is 6.61 Å². The Balaban J connectivity index is 2.68. The van der Waals surface area contributed by atoms with Crippen molar-refractivity contribution in [1.82, 2.24) is 5.32 Å². The minimum absolute atomic E-state index is 0.188. The molecule has 1 aromatic carbocycles. The quantitative estimate of drug-likeness (QED) is 0.624. The normalized spacial score (nSPS) is 12.7. The van der Waals surface area contributed by atoms with Gasteiger partial charge in [0.15, 0.2) is 0 Å². The van der Waals surface area contributed by atoms with E-state index in [1.165, 1.54) is 6.07 Å². The Morgan fingerprint density at radius 1 is 1.19 bits per heavy atom. The van der Waals surface area contributed by atoms with Crippen molar-refractivity contribution in [3.63, 3.8) is 0 Å². The van der Waals surface area contributed by atoms with E-state index in [0.29, 0.717) is 23.2 Å². The van der Waals surface area contributed by atoms with Crippen molar-refractivity contribution in [3.05, 3.63) is 28.8 Å². The summed E-state index contributed by atoms with van der Waals surface area (Å²) in [5.41, 5.74) is 0.667. The SMILES string of the molecule is CCCCC(CCC)NCc1cc(Cl)ccc1OC(F)F. The van der Waals surface area contributed by atoms with Gasteiger partial charge in [-0.2, -0.15) is 8.78 Å². The second-order valence-corrected chi connectivity index (χ2v) is 5.58. The summed E-state index contributed by atoms with van der Waals surface area (Å²) in [6.45, 7) is 1.97. The molecule has 0 spiro atoms. The van der Waals surface area contributed by atoms with E-state index in [4.69, 9.17) is 11.6 Å². The molecular formula is C16H24ClF2NO. The fraction of sp³-hybridized carbons (Fsp3) is 0.625. The molecule has 1 unspecified atom stereocenters. The Morgan fingerprint density at radius 2 is 1.95 bits per heavy atom. The number of halogens is 3. The summed E-state index contributed by atoms with van der Waals surface area (Å²) >= 11 is 5.94. The molecule has 0 fully saturated rings. The number of ether oxygens (including phenoxy) is 1. The summed E-state index contributed by atoms with van der Waals surface area (Å²) in [5, 5.41) is 3.95. The van der Waals surface area contributed by atoms with Crippen LogP contribution in [0.25, 0.3) is 0 Å². The first-order valence-corrected chi connectivity index (χ1v) is 7.91. The molecule has 0 amide bonds. The number of hydrogen-bond acceptors (Lipinski definition) is 2. The zero-order valence-corrected chi connectivity index (χ0v) is 13.4. The van der Waals surface area contributed by atoms with Gasteiger partial charge in [-0.05, 0) is 31.0 Å². The highest BCUT2D eigenvalue weighted by molar-refractivity contribution is 6.30. The average Bonchev–Trinajstić information content (AvgIpc) is 2.44. The van der Waals surface area contributed by atoms with Crippen molar-refractivity contribution in [2.75, 3.05) is 0 Å². The van der Waals surface area contributed by atoms with Gasteiger partial charge in [-0.25, -0.2) is 0 Å². The predicted molar refractivity (Wildman–Crippen MR) is 83.1 cm³/mol. The minimum Gasteiger partial charge on any atom is -0.434 e. The molecule has 0 aromatic heterocycles. The van der Waals surface area contributed by atoms with Crippen LogP contribution in [0.2, 0.25) is 5.02 Å². The molecule has 0 aliphatic heterocycles. The van der Waals surface area contributed by atoms with Crippen LogP contribution in [0, 0.1) is 0 Å². The number of rotatable bonds is 10. The van der Waals surface area contributed by atoms with Crippen LogP contribution in [0.1, 0.15) is 51.5 Å². The smallest absolute Gasteiger partial charge is 0.387 e. The summed E-state index contributed by atoms with van der Waals surface area (Å²) in [6, 6.07) is 5.12. The maximum Gasteiger partial charge on any atom is 0.387 e. The van der Waals surface area contributed by atoms with E-state index in [1.54, 1.807) is 12.1 Å². The largest absolute Gasteiger partial charge is 0.434 e. The van der Waals surface area contributed by atoms with Gasteiger partial charge in [0.25, 0.3) is 0 Å². The van der Waals surface area contributed by atoms with E-state index < -0.39 is 6.61 Å². The molecule has 0 bridgehead atoms. The summed E-state index contributed by atoms with van der Waals surface area (Å²) < 4.78 is 29.4. The fourth-order valence-corrected chi connectivity index (χ4v) is 2.49. The minimum atomic E-state index is -2.82. The van der Waals surface area contributed by atoms with Gasteiger partial charge in [0.2, 0.25) is 0 Å². The third kappa shape index (κ3) is 7.09. The molecule has 1 atom stereocenters. The second kappa shape index (κ2) is 9.96. The van der Waals surface area contributed by atoms with Crippen LogP contribution in [-0.4, -0.2) is 12.7 Å². The van der Waals surface area contributed by atoms with Crippen molar-refractivity contribution >= 4 is 11.6 Å². The Labute approximate surface area is 130 Å². The lowest BCUT2D eigenvalue weighted by molar-refractivity contribution is -0.0505. The molecule has 0 heterocycles. The lowest BCUT2D eigenvalue weighted by Crippen LogP contribution is -2.28. The molecule has 0 saturated heterocycles. The Hall–Kier alpha value is -0.870. The number of benzene rings is 1. The molecule has 0 aliphatic carbocycles. The lowest BCUT2D eigenvalue weighted by Gasteiger charge is -2.19. The molecule has 0 saturated carbocycles. The van der Waals surface area contributed by atoms with Gasteiger partial charge in [0, 0.05) is 23.2 Å². The molecule has 1 aromatic rings. The van der Waals surface area contributed by atoms with E-state index in [2.05, 4.69) is 23.9 Å². The number of alkyl halides is 2. The molecule has 1 N–H and O–H groups in total. The van der Waals surface area contributed by atoms with Gasteiger partial charge in [0.1, 0.15) is 5.75 Å². The maximum absolute atomic E-state index is 12.4. The monoisotopic (exact) mass is 319 g/mol. The van der Waals surface area contributed by atoms with Crippen LogP contribution in [0.3, 0.4) is 0 Å². The third-order valence-corrected chi connectivity index (χ3v) is 3.60. The van der Waals surface area contributed by atoms with E-state index in [0.717, 1.165) is 32.1 Å². The molecule has 21 heavy (non-hydrogen) atoms. The topological polar surface area (TPSA) is 21.3 Å². The Morgan fingerprint density at radius 3 is 2.57 bits per heavy atom. The Bertz CT molecular complexity index is 415. The van der Waals surface area contributed by atoms with Crippen molar-refractivity contribution in [2.45, 2.75) is 65.1 Å². The van der Waals surface area contributed by atoms with Crippen molar-refractivity contribution < 1.29 is 13.5 Å². The van der Waals surface area contributed by atoms with Gasteiger partial charge in [-0.3, -0.25) is 0 Å². The van der Waals surface area contributed by atoms with E-state index in [1.807, 2.05) is 0 Å². The van der Waals surface area contributed by atoms with Crippen LogP contribution in [0.5, 0.6) is 5.75 Å². The molecule has 120 valence electrons. The van der Waals surface area contributed by atoms with E-state index >= 15 is 0 Å². The zero-order valence-electron chi connectivity index (χ0n) is 12.7. The van der Waals surface area contributed by atoms with Crippen LogP contribution >= 0.6 is 11.6 Å². The standard InChI is InChI=1S/C16H24ClF2NO/c1-3-5-7-14(6-4-2)20-11-12-10-13(17)8-9-15(12)21-16(18)19/h8-10,14,16,20H,3-7,11H2,1-2H3. The van der Waals surface area contributed by atoms with Crippen molar-refractivity contribution in [2.24, 2.45) is 0 Å². The number of hydrogen-bond donors (Lipinski definition) is 1. The molecule has 2 nitrogen and oxygen atoms in total. The van der Waals surface area contributed by atoms with Crippen molar-refractivity contribution in [1.29, 1.82) is 0 Å². The van der Waals surface area contributed by atoms with E-state index in [-0.39, 0.29) is 5.75 Å². The zero-order chi connectivity index (χ0) is 15.7. The highest BCUT2D eigenvalue weighted by Gasteiger charge is 2.12. The molecule has 5 heteroatoms. The predicted octanol–water partition coefficient (Wildman–Crippen LogP) is 5.39. The maximum atomic E-state index is 12.4. The molecule has 0 radical (unpaired) electrons. The van der Waals surface area contributed by atoms with Crippen LogP contribution in [0.4, 0.5) is 8.78 Å². The first kappa shape index (κ1) is 18.2. The Kier molecular flexibility index (Phi) is 8.62. The van der Waals surface area contributed by atoms with Crippen molar-refractivity contribution in [3.8, 4) is 5.75 Å². The van der Waals surface area contributed by atoms with Gasteiger partial charge < -0.3 is 10.1 Å². The van der Waals surface area contributed by atoms with Crippen LogP contribution < -0.4 is 10.1 Å². The lowest BCUT2D eigenvalue weighted by atomic mass is 10.0. The number of nitrogens with one attached hydrogen (secondary N) is 1. The van der Waals surface area contributed by atoms with Crippen LogP contribution in [-0.2, 0) is 6.54 Å². The van der Waals surface area contributed by atoms with Gasteiger partial charge in [-0.15, -0.1) is 0 Å².